The van der Waals surface area contributed by atoms with E-state index in [1.54, 1.807) is 17.8 Å². The van der Waals surface area contributed by atoms with E-state index in [9.17, 15) is 4.79 Å². The Morgan fingerprint density at radius 2 is 1.97 bits per heavy atom. The molecule has 9 nitrogen and oxygen atoms in total. The Labute approximate surface area is 204 Å². The van der Waals surface area contributed by atoms with Crippen molar-refractivity contribution in [2.75, 3.05) is 30.4 Å². The molecule has 0 bridgehead atoms. The zero-order valence-electron chi connectivity index (χ0n) is 20.2. The van der Waals surface area contributed by atoms with E-state index in [0.29, 0.717) is 23.6 Å². The number of hydrogen-bond acceptors (Lipinski definition) is 7. The monoisotopic (exact) mass is 471 g/mol. The maximum Gasteiger partial charge on any atom is 0.251 e. The molecule has 1 aliphatic rings. The number of carbonyl (C=O) groups excluding carboxylic acids is 1. The Bertz CT molecular complexity index is 1350. The van der Waals surface area contributed by atoms with Gasteiger partial charge >= 0.3 is 0 Å². The first-order valence-electron chi connectivity index (χ1n) is 11.8. The fraction of sp³-hybridized carbons (Fsp3) is 0.308. The van der Waals surface area contributed by atoms with Crippen LogP contribution in [0.1, 0.15) is 34.5 Å². The second-order valence-electron chi connectivity index (χ2n) is 8.85. The third-order valence-electron chi connectivity index (χ3n) is 6.26. The van der Waals surface area contributed by atoms with Crippen LogP contribution in [0.15, 0.2) is 54.9 Å². The molecule has 0 spiro atoms. The number of ether oxygens (including phenoxy) is 1. The number of aromatic nitrogens is 4. The first-order chi connectivity index (χ1) is 17.0. The summed E-state index contributed by atoms with van der Waals surface area (Å²) >= 11 is 0. The zero-order valence-corrected chi connectivity index (χ0v) is 20.2. The Morgan fingerprint density at radius 1 is 1.14 bits per heavy atom. The number of pyridine rings is 1. The molecule has 9 heteroatoms. The van der Waals surface area contributed by atoms with Gasteiger partial charge in [-0.15, -0.1) is 5.10 Å². The van der Waals surface area contributed by atoms with Crippen LogP contribution >= 0.6 is 0 Å². The summed E-state index contributed by atoms with van der Waals surface area (Å²) in [6, 6.07) is 13.5. The van der Waals surface area contributed by atoms with E-state index >= 15 is 0 Å². The Kier molecular flexibility index (Phi) is 6.22. The van der Waals surface area contributed by atoms with Gasteiger partial charge in [0.2, 0.25) is 0 Å². The number of imidazole rings is 1. The van der Waals surface area contributed by atoms with Crippen LogP contribution in [0, 0.1) is 13.8 Å². The number of nitrogens with one attached hydrogen (secondary N) is 2. The fourth-order valence-electron chi connectivity index (χ4n) is 4.40. The molecule has 2 N–H and O–H groups in total. The molecule has 180 valence electrons. The Balaban J connectivity index is 1.36. The van der Waals surface area contributed by atoms with Crippen LogP contribution in [0.25, 0.3) is 5.65 Å². The lowest BCUT2D eigenvalue weighted by Crippen LogP contribution is -2.48. The van der Waals surface area contributed by atoms with Crippen LogP contribution in [0.3, 0.4) is 0 Å². The summed E-state index contributed by atoms with van der Waals surface area (Å²) < 4.78 is 7.09. The van der Waals surface area contributed by atoms with Crippen molar-refractivity contribution >= 4 is 28.9 Å². The van der Waals surface area contributed by atoms with Crippen LogP contribution in [0.5, 0.6) is 5.75 Å². The van der Waals surface area contributed by atoms with Crippen LogP contribution in [0.2, 0.25) is 0 Å². The molecule has 1 unspecified atom stereocenters. The number of carbonyl (C=O) groups is 1. The van der Waals surface area contributed by atoms with Gasteiger partial charge in [-0.05, 0) is 51.0 Å². The summed E-state index contributed by atoms with van der Waals surface area (Å²) in [5.74, 6) is 2.21. The highest BCUT2D eigenvalue weighted by Gasteiger charge is 2.24. The SMILES string of the molecule is COc1ccc(Nc2cc(N3CCCC(NC(=O)c4ccc(C)cc4)C3)nn3ccnc23)nc1C. The summed E-state index contributed by atoms with van der Waals surface area (Å²) in [5, 5.41) is 11.4. The lowest BCUT2D eigenvalue weighted by molar-refractivity contribution is 0.0933. The molecule has 1 aliphatic heterocycles. The third-order valence-corrected chi connectivity index (χ3v) is 6.26. The molecule has 4 aromatic rings. The number of aryl methyl sites for hydroxylation is 2. The van der Waals surface area contributed by atoms with Gasteiger partial charge in [-0.3, -0.25) is 4.79 Å². The molecular weight excluding hydrogens is 442 g/mol. The number of amides is 1. The molecule has 4 heterocycles. The molecule has 35 heavy (non-hydrogen) atoms. The second-order valence-corrected chi connectivity index (χ2v) is 8.85. The van der Waals surface area contributed by atoms with E-state index in [1.807, 2.05) is 62.5 Å². The molecule has 1 amide bonds. The van der Waals surface area contributed by atoms with Crippen molar-refractivity contribution in [2.24, 2.45) is 0 Å². The molecule has 0 radical (unpaired) electrons. The first-order valence-corrected chi connectivity index (χ1v) is 11.8. The van der Waals surface area contributed by atoms with Crippen LogP contribution in [0.4, 0.5) is 17.3 Å². The van der Waals surface area contributed by atoms with E-state index in [-0.39, 0.29) is 11.9 Å². The zero-order chi connectivity index (χ0) is 24.4. The van der Waals surface area contributed by atoms with Gasteiger partial charge in [0.05, 0.1) is 18.5 Å². The molecule has 0 aliphatic carbocycles. The molecule has 1 fully saturated rings. The van der Waals surface area contributed by atoms with Gasteiger partial charge in [0, 0.05) is 43.2 Å². The number of hydrogen-bond donors (Lipinski definition) is 2. The van der Waals surface area contributed by atoms with Crippen molar-refractivity contribution in [3.8, 4) is 5.75 Å². The van der Waals surface area contributed by atoms with Crippen molar-refractivity contribution in [1.82, 2.24) is 24.9 Å². The van der Waals surface area contributed by atoms with Gasteiger partial charge in [0.15, 0.2) is 11.5 Å². The van der Waals surface area contributed by atoms with Crippen LogP contribution < -0.4 is 20.3 Å². The first kappa shape index (κ1) is 22.6. The standard InChI is InChI=1S/C26H29N7O2/c1-17-6-8-19(9-7-17)26(34)29-20-5-4-13-32(16-20)24-15-21(25-27-12-14-33(25)31-24)30-23-11-10-22(35-3)18(2)28-23/h6-12,14-15,20H,4-5,13,16H2,1-3H3,(H,28,30)(H,29,34). The minimum atomic E-state index is -0.0434. The van der Waals surface area contributed by atoms with Crippen molar-refractivity contribution in [3.63, 3.8) is 0 Å². The number of benzene rings is 1. The van der Waals surface area contributed by atoms with Crippen LogP contribution in [-0.4, -0.2) is 51.7 Å². The quantitative estimate of drug-likeness (QED) is 0.440. The fourth-order valence-corrected chi connectivity index (χ4v) is 4.40. The van der Waals surface area contributed by atoms with Gasteiger partial charge in [-0.1, -0.05) is 17.7 Å². The summed E-state index contributed by atoms with van der Waals surface area (Å²) in [7, 11) is 1.63. The number of piperidine rings is 1. The number of nitrogens with zero attached hydrogens (tertiary/aromatic N) is 5. The molecule has 0 saturated carbocycles. The third kappa shape index (κ3) is 4.89. The second kappa shape index (κ2) is 9.61. The average Bonchev–Trinajstić information content (AvgIpc) is 3.34. The normalized spacial score (nSPS) is 15.7. The highest BCUT2D eigenvalue weighted by Crippen LogP contribution is 2.27. The van der Waals surface area contributed by atoms with Crippen molar-refractivity contribution in [3.05, 3.63) is 71.7 Å². The number of fused-ring (bicyclic) bond motifs is 1. The van der Waals surface area contributed by atoms with Crippen molar-refractivity contribution < 1.29 is 9.53 Å². The highest BCUT2D eigenvalue weighted by atomic mass is 16.5. The maximum absolute atomic E-state index is 12.8. The predicted octanol–water partition coefficient (Wildman–Crippen LogP) is 3.89. The van der Waals surface area contributed by atoms with E-state index in [0.717, 1.165) is 47.9 Å². The predicted molar refractivity (Wildman–Crippen MR) is 136 cm³/mol. The molecule has 1 saturated heterocycles. The van der Waals surface area contributed by atoms with Gasteiger partial charge in [0.25, 0.3) is 5.91 Å². The molecular formula is C26H29N7O2. The summed E-state index contributed by atoms with van der Waals surface area (Å²) in [4.78, 5) is 24.0. The minimum Gasteiger partial charge on any atom is -0.495 e. The van der Waals surface area contributed by atoms with Gasteiger partial charge in [-0.2, -0.15) is 0 Å². The molecule has 3 aromatic heterocycles. The Morgan fingerprint density at radius 3 is 2.74 bits per heavy atom. The summed E-state index contributed by atoms with van der Waals surface area (Å²) in [6.07, 6.45) is 5.45. The topological polar surface area (TPSA) is 96.7 Å². The highest BCUT2D eigenvalue weighted by molar-refractivity contribution is 5.94. The van der Waals surface area contributed by atoms with Crippen molar-refractivity contribution in [2.45, 2.75) is 32.7 Å². The molecule has 1 aromatic carbocycles. The number of methoxy groups -OCH3 is 1. The molecule has 1 atom stereocenters. The summed E-state index contributed by atoms with van der Waals surface area (Å²) in [5.41, 5.74) is 4.14. The van der Waals surface area contributed by atoms with E-state index < -0.39 is 0 Å². The largest absolute Gasteiger partial charge is 0.495 e. The van der Waals surface area contributed by atoms with E-state index in [1.165, 1.54) is 0 Å². The van der Waals surface area contributed by atoms with E-state index in [4.69, 9.17) is 9.84 Å². The number of anilines is 3. The van der Waals surface area contributed by atoms with Gasteiger partial charge in [0.1, 0.15) is 11.6 Å². The maximum atomic E-state index is 12.8. The van der Waals surface area contributed by atoms with Gasteiger partial charge < -0.3 is 20.3 Å². The molecule has 5 rings (SSSR count). The van der Waals surface area contributed by atoms with Gasteiger partial charge in [-0.25, -0.2) is 14.5 Å². The minimum absolute atomic E-state index is 0.0418. The number of rotatable bonds is 6. The summed E-state index contributed by atoms with van der Waals surface area (Å²) in [6.45, 7) is 5.47. The lowest BCUT2D eigenvalue weighted by Gasteiger charge is -2.34. The van der Waals surface area contributed by atoms with E-state index in [2.05, 4.69) is 25.5 Å². The smallest absolute Gasteiger partial charge is 0.251 e. The van der Waals surface area contributed by atoms with Crippen molar-refractivity contribution in [1.29, 1.82) is 0 Å². The Hall–Kier alpha value is -4.14. The lowest BCUT2D eigenvalue weighted by atomic mass is 10.0. The van der Waals surface area contributed by atoms with Crippen LogP contribution in [-0.2, 0) is 0 Å². The average molecular weight is 472 g/mol.